The van der Waals surface area contributed by atoms with Gasteiger partial charge in [-0.25, -0.2) is 4.68 Å². The first-order valence-electron chi connectivity index (χ1n) is 11.8. The molecule has 3 N–H and O–H groups in total. The van der Waals surface area contributed by atoms with Crippen LogP contribution in [0, 0.1) is 0 Å². The Bertz CT molecular complexity index is 1170. The maximum absolute atomic E-state index is 12.9. The molecule has 0 aliphatic carbocycles. The number of carbonyl (C=O) groups excluding carboxylic acids is 4. The number of benzene rings is 1. The van der Waals surface area contributed by atoms with Crippen molar-refractivity contribution in [2.45, 2.75) is 44.9 Å². The van der Waals surface area contributed by atoms with E-state index in [-0.39, 0.29) is 43.3 Å². The highest BCUT2D eigenvalue weighted by Gasteiger charge is 2.39. The summed E-state index contributed by atoms with van der Waals surface area (Å²) >= 11 is 0. The standard InChI is InChI=1S/C23H28N8O4/c1-14(29-8-6-24-7-9-29)21(33)25-11-16-13-31(28-27-16)17-2-3-18-15(10-17)12-30(23(18)35)19-4-5-20(32)26-22(19)34/h2-3,10,13-14,19,24H,4-9,11-12H2,1H3,(H,25,33)(H,26,32,34). The number of hydrogen-bond acceptors (Lipinski definition) is 8. The summed E-state index contributed by atoms with van der Waals surface area (Å²) in [4.78, 5) is 52.8. The van der Waals surface area contributed by atoms with Crippen LogP contribution in [0.3, 0.4) is 0 Å². The number of rotatable bonds is 6. The van der Waals surface area contributed by atoms with Crippen molar-refractivity contribution in [3.8, 4) is 5.69 Å². The van der Waals surface area contributed by atoms with E-state index in [0.29, 0.717) is 17.7 Å². The van der Waals surface area contributed by atoms with Gasteiger partial charge < -0.3 is 15.5 Å². The zero-order chi connectivity index (χ0) is 24.5. The Labute approximate surface area is 202 Å². The molecule has 184 valence electrons. The number of nitrogens with one attached hydrogen (secondary N) is 3. The lowest BCUT2D eigenvalue weighted by Gasteiger charge is -2.31. The number of aromatic nitrogens is 3. The van der Waals surface area contributed by atoms with Crippen molar-refractivity contribution >= 4 is 23.6 Å². The first-order chi connectivity index (χ1) is 16.9. The minimum atomic E-state index is -0.652. The molecule has 0 spiro atoms. The number of amides is 4. The second-order valence-electron chi connectivity index (χ2n) is 9.08. The number of piperidine rings is 1. The van der Waals surface area contributed by atoms with Crippen LogP contribution in [-0.2, 0) is 27.5 Å². The van der Waals surface area contributed by atoms with Crippen molar-refractivity contribution in [3.05, 3.63) is 41.2 Å². The number of fused-ring (bicyclic) bond motifs is 1. The van der Waals surface area contributed by atoms with Crippen molar-refractivity contribution in [2.24, 2.45) is 0 Å². The Hall–Kier alpha value is -3.64. The van der Waals surface area contributed by atoms with Crippen LogP contribution in [0.1, 0.15) is 41.4 Å². The summed E-state index contributed by atoms with van der Waals surface area (Å²) in [6, 6.07) is 4.48. The number of imide groups is 1. The fraction of sp³-hybridized carbons (Fsp3) is 0.478. The molecule has 3 aliphatic heterocycles. The van der Waals surface area contributed by atoms with Crippen molar-refractivity contribution in [2.75, 3.05) is 26.2 Å². The number of carbonyl (C=O) groups is 4. The van der Waals surface area contributed by atoms with E-state index in [0.717, 1.165) is 37.4 Å². The molecular weight excluding hydrogens is 452 g/mol. The fourth-order valence-corrected chi connectivity index (χ4v) is 4.77. The van der Waals surface area contributed by atoms with Crippen LogP contribution in [0.15, 0.2) is 24.4 Å². The van der Waals surface area contributed by atoms with E-state index in [1.165, 1.54) is 4.90 Å². The lowest BCUT2D eigenvalue weighted by Crippen LogP contribution is -2.52. The van der Waals surface area contributed by atoms with Gasteiger partial charge in [0.25, 0.3) is 5.91 Å². The van der Waals surface area contributed by atoms with Gasteiger partial charge in [-0.15, -0.1) is 5.10 Å². The van der Waals surface area contributed by atoms with Crippen LogP contribution in [0.5, 0.6) is 0 Å². The molecule has 1 aromatic heterocycles. The summed E-state index contributed by atoms with van der Waals surface area (Å²) in [5, 5.41) is 16.8. The molecule has 12 nitrogen and oxygen atoms in total. The van der Waals surface area contributed by atoms with E-state index in [1.807, 2.05) is 13.0 Å². The Kier molecular flexibility index (Phi) is 6.31. The Morgan fingerprint density at radius 2 is 2.03 bits per heavy atom. The Morgan fingerprint density at radius 1 is 1.23 bits per heavy atom. The van der Waals surface area contributed by atoms with E-state index < -0.39 is 11.9 Å². The number of hydrogen-bond donors (Lipinski definition) is 3. The maximum Gasteiger partial charge on any atom is 0.255 e. The zero-order valence-electron chi connectivity index (χ0n) is 19.5. The van der Waals surface area contributed by atoms with E-state index in [4.69, 9.17) is 0 Å². The van der Waals surface area contributed by atoms with Gasteiger partial charge in [0.2, 0.25) is 17.7 Å². The summed E-state index contributed by atoms with van der Waals surface area (Å²) in [5.74, 6) is -1.02. The summed E-state index contributed by atoms with van der Waals surface area (Å²) in [7, 11) is 0. The van der Waals surface area contributed by atoms with Crippen LogP contribution in [0.25, 0.3) is 5.69 Å². The van der Waals surface area contributed by atoms with Crippen LogP contribution < -0.4 is 16.0 Å². The molecule has 3 aliphatic rings. The molecule has 2 fully saturated rings. The molecule has 1 aromatic carbocycles. The van der Waals surface area contributed by atoms with Gasteiger partial charge in [-0.1, -0.05) is 5.21 Å². The molecule has 0 radical (unpaired) electrons. The summed E-state index contributed by atoms with van der Waals surface area (Å²) in [6.45, 7) is 5.89. The highest BCUT2D eigenvalue weighted by molar-refractivity contribution is 6.05. The van der Waals surface area contributed by atoms with Gasteiger partial charge in [0, 0.05) is 44.7 Å². The van der Waals surface area contributed by atoms with Gasteiger partial charge in [0.15, 0.2) is 0 Å². The van der Waals surface area contributed by atoms with Gasteiger partial charge in [-0.3, -0.25) is 29.4 Å². The van der Waals surface area contributed by atoms with E-state index in [9.17, 15) is 19.2 Å². The fourth-order valence-electron chi connectivity index (χ4n) is 4.77. The maximum atomic E-state index is 12.9. The molecule has 2 saturated heterocycles. The van der Waals surface area contributed by atoms with Gasteiger partial charge in [0.1, 0.15) is 11.7 Å². The van der Waals surface area contributed by atoms with Gasteiger partial charge in [-0.05, 0) is 37.1 Å². The minimum absolute atomic E-state index is 0.0500. The second-order valence-corrected chi connectivity index (χ2v) is 9.08. The zero-order valence-corrected chi connectivity index (χ0v) is 19.5. The molecule has 2 atom stereocenters. The van der Waals surface area contributed by atoms with E-state index >= 15 is 0 Å². The molecule has 12 heteroatoms. The van der Waals surface area contributed by atoms with Crippen molar-refractivity contribution in [1.82, 2.24) is 40.7 Å². The molecule has 0 saturated carbocycles. The molecule has 0 bridgehead atoms. The smallest absolute Gasteiger partial charge is 0.255 e. The predicted molar refractivity (Wildman–Crippen MR) is 123 cm³/mol. The highest BCUT2D eigenvalue weighted by Crippen LogP contribution is 2.29. The third kappa shape index (κ3) is 4.66. The minimum Gasteiger partial charge on any atom is -0.349 e. The summed E-state index contributed by atoms with van der Waals surface area (Å²) in [5.41, 5.74) is 2.66. The number of piperazine rings is 1. The van der Waals surface area contributed by atoms with Gasteiger partial charge in [0.05, 0.1) is 24.5 Å². The molecule has 35 heavy (non-hydrogen) atoms. The average Bonchev–Trinajstić information content (AvgIpc) is 3.47. The topological polar surface area (TPSA) is 142 Å². The molecule has 4 amide bonds. The molecule has 2 aromatic rings. The second kappa shape index (κ2) is 9.55. The third-order valence-corrected chi connectivity index (χ3v) is 6.83. The Morgan fingerprint density at radius 3 is 2.80 bits per heavy atom. The van der Waals surface area contributed by atoms with Crippen molar-refractivity contribution in [1.29, 1.82) is 0 Å². The molecular formula is C23H28N8O4. The van der Waals surface area contributed by atoms with Crippen molar-refractivity contribution in [3.63, 3.8) is 0 Å². The summed E-state index contributed by atoms with van der Waals surface area (Å²) < 4.78 is 1.60. The normalized spacial score (nSPS) is 21.6. The largest absolute Gasteiger partial charge is 0.349 e. The lowest BCUT2D eigenvalue weighted by molar-refractivity contribution is -0.137. The first-order valence-corrected chi connectivity index (χ1v) is 11.8. The highest BCUT2D eigenvalue weighted by atomic mass is 16.2. The van der Waals surface area contributed by atoms with Gasteiger partial charge >= 0.3 is 0 Å². The monoisotopic (exact) mass is 480 g/mol. The average molecular weight is 481 g/mol. The molecule has 2 unspecified atom stereocenters. The van der Waals surface area contributed by atoms with Crippen molar-refractivity contribution < 1.29 is 19.2 Å². The third-order valence-electron chi connectivity index (χ3n) is 6.83. The number of nitrogens with zero attached hydrogens (tertiary/aromatic N) is 5. The lowest BCUT2D eigenvalue weighted by atomic mass is 10.0. The molecule has 4 heterocycles. The van der Waals surface area contributed by atoms with E-state index in [1.54, 1.807) is 23.0 Å². The SMILES string of the molecule is CC(C(=O)NCc1cn(-c2ccc3c(c2)CN(C2CCC(=O)NC2=O)C3=O)nn1)N1CCNCC1. The van der Waals surface area contributed by atoms with Crippen LogP contribution in [-0.4, -0.2) is 86.7 Å². The quantitative estimate of drug-likeness (QED) is 0.444. The summed E-state index contributed by atoms with van der Waals surface area (Å²) in [6.07, 6.45) is 2.28. The van der Waals surface area contributed by atoms with E-state index in [2.05, 4.69) is 31.2 Å². The Balaban J connectivity index is 1.22. The first kappa shape index (κ1) is 23.1. The predicted octanol–water partition coefficient (Wildman–Crippen LogP) is -1.06. The van der Waals surface area contributed by atoms with Crippen LogP contribution >= 0.6 is 0 Å². The van der Waals surface area contributed by atoms with Crippen LogP contribution in [0.2, 0.25) is 0 Å². The van der Waals surface area contributed by atoms with Crippen LogP contribution in [0.4, 0.5) is 0 Å². The molecule has 5 rings (SSSR count). The van der Waals surface area contributed by atoms with Gasteiger partial charge in [-0.2, -0.15) is 0 Å².